The number of hydrogen-bond donors (Lipinski definition) is 3. The number of nitrogens with one attached hydrogen (secondary N) is 2. The van der Waals surface area contributed by atoms with Gasteiger partial charge in [0.15, 0.2) is 0 Å². The Balaban J connectivity index is 2.26. The fourth-order valence-electron chi connectivity index (χ4n) is 1.43. The lowest BCUT2D eigenvalue weighted by atomic mass is 10.2. The smallest absolute Gasteiger partial charge is 0.248 e. The molecule has 1 unspecified atom stereocenters. The summed E-state index contributed by atoms with van der Waals surface area (Å²) in [4.78, 5) is 22.4. The molecule has 2 amide bonds. The third-order valence-corrected chi connectivity index (χ3v) is 2.83. The minimum Gasteiger partial charge on any atom is -0.493 e. The Kier molecular flexibility index (Phi) is 6.52. The second-order valence-corrected chi connectivity index (χ2v) is 4.48. The Morgan fingerprint density at radius 1 is 1.30 bits per heavy atom. The first-order valence-corrected chi connectivity index (χ1v) is 6.49. The van der Waals surface area contributed by atoms with Crippen molar-refractivity contribution >= 4 is 11.8 Å². The van der Waals surface area contributed by atoms with Crippen molar-refractivity contribution in [2.24, 2.45) is 5.73 Å². The lowest BCUT2D eigenvalue weighted by Crippen LogP contribution is -2.37. The maximum Gasteiger partial charge on any atom is 0.248 e. The van der Waals surface area contributed by atoms with Gasteiger partial charge in [0.2, 0.25) is 11.8 Å². The zero-order chi connectivity index (χ0) is 15.0. The van der Waals surface area contributed by atoms with Crippen LogP contribution in [-0.4, -0.2) is 38.1 Å². The van der Waals surface area contributed by atoms with Crippen molar-refractivity contribution in [3.8, 4) is 5.75 Å². The van der Waals surface area contributed by atoms with Crippen LogP contribution in [0.3, 0.4) is 0 Å². The molecule has 0 spiro atoms. The van der Waals surface area contributed by atoms with Crippen LogP contribution < -0.4 is 21.1 Å². The average Bonchev–Trinajstić information content (AvgIpc) is 2.45. The molecule has 110 valence electrons. The molecule has 0 saturated heterocycles. The van der Waals surface area contributed by atoms with Crippen molar-refractivity contribution in [3.05, 3.63) is 29.8 Å². The first kappa shape index (κ1) is 16.0. The monoisotopic (exact) mass is 279 g/mol. The van der Waals surface area contributed by atoms with E-state index in [4.69, 9.17) is 10.5 Å². The third-order valence-electron chi connectivity index (χ3n) is 2.83. The van der Waals surface area contributed by atoms with Crippen molar-refractivity contribution in [1.82, 2.24) is 10.6 Å². The standard InChI is InChI=1S/C14H21N3O3/c1-10(16-2)9-17-13(18)7-8-20-12-5-3-11(4-6-12)14(15)19/h3-6,10,16H,7-9H2,1-2H3,(H2,15,19)(H,17,18). The van der Waals surface area contributed by atoms with Crippen molar-refractivity contribution in [3.63, 3.8) is 0 Å². The number of likely N-dealkylation sites (N-methyl/N-ethyl adjacent to an activating group) is 1. The van der Waals surface area contributed by atoms with Gasteiger partial charge in [-0.2, -0.15) is 0 Å². The summed E-state index contributed by atoms with van der Waals surface area (Å²) in [7, 11) is 1.84. The van der Waals surface area contributed by atoms with E-state index in [0.29, 0.717) is 17.9 Å². The summed E-state index contributed by atoms with van der Waals surface area (Å²) in [5, 5.41) is 5.83. The van der Waals surface area contributed by atoms with Crippen LogP contribution in [-0.2, 0) is 4.79 Å². The Hall–Kier alpha value is -2.08. The molecule has 1 rings (SSSR count). The molecule has 0 heterocycles. The van der Waals surface area contributed by atoms with Gasteiger partial charge in [-0.1, -0.05) is 0 Å². The van der Waals surface area contributed by atoms with Gasteiger partial charge in [0.05, 0.1) is 13.0 Å². The number of amides is 2. The molecular weight excluding hydrogens is 258 g/mol. The normalized spacial score (nSPS) is 11.7. The quantitative estimate of drug-likeness (QED) is 0.637. The van der Waals surface area contributed by atoms with Crippen molar-refractivity contribution in [1.29, 1.82) is 0 Å². The van der Waals surface area contributed by atoms with Crippen LogP contribution >= 0.6 is 0 Å². The first-order chi connectivity index (χ1) is 9.52. The van der Waals surface area contributed by atoms with Gasteiger partial charge in [-0.05, 0) is 38.2 Å². The highest BCUT2D eigenvalue weighted by Crippen LogP contribution is 2.11. The molecule has 0 aliphatic heterocycles. The maximum absolute atomic E-state index is 11.5. The molecule has 4 N–H and O–H groups in total. The van der Waals surface area contributed by atoms with E-state index in [-0.39, 0.29) is 25.0 Å². The molecule has 0 saturated carbocycles. The number of carbonyl (C=O) groups is 2. The molecule has 1 aromatic rings. The molecular formula is C14H21N3O3. The van der Waals surface area contributed by atoms with Gasteiger partial charge in [-0.25, -0.2) is 0 Å². The predicted molar refractivity (Wildman–Crippen MR) is 76.6 cm³/mol. The van der Waals surface area contributed by atoms with E-state index < -0.39 is 5.91 Å². The van der Waals surface area contributed by atoms with E-state index in [1.807, 2.05) is 14.0 Å². The van der Waals surface area contributed by atoms with Crippen LogP contribution in [0.1, 0.15) is 23.7 Å². The summed E-state index contributed by atoms with van der Waals surface area (Å²) in [5.74, 6) is 0.0711. The number of carbonyl (C=O) groups excluding carboxylic acids is 2. The molecule has 6 heteroatoms. The van der Waals surface area contributed by atoms with Gasteiger partial charge >= 0.3 is 0 Å². The fraction of sp³-hybridized carbons (Fsp3) is 0.429. The van der Waals surface area contributed by atoms with E-state index in [2.05, 4.69) is 10.6 Å². The van der Waals surface area contributed by atoms with Gasteiger partial charge < -0.3 is 21.1 Å². The highest BCUT2D eigenvalue weighted by Gasteiger charge is 2.05. The number of hydrogen-bond acceptors (Lipinski definition) is 4. The largest absolute Gasteiger partial charge is 0.493 e. The number of rotatable bonds is 8. The van der Waals surface area contributed by atoms with Crippen LogP contribution in [0.15, 0.2) is 24.3 Å². The molecule has 6 nitrogen and oxygen atoms in total. The fourth-order valence-corrected chi connectivity index (χ4v) is 1.43. The van der Waals surface area contributed by atoms with Gasteiger partial charge in [0.25, 0.3) is 0 Å². The van der Waals surface area contributed by atoms with Crippen LogP contribution in [0.25, 0.3) is 0 Å². The van der Waals surface area contributed by atoms with Gasteiger partial charge in [0.1, 0.15) is 5.75 Å². The molecule has 0 aliphatic carbocycles. The Morgan fingerprint density at radius 2 is 1.95 bits per heavy atom. The van der Waals surface area contributed by atoms with E-state index in [9.17, 15) is 9.59 Å². The summed E-state index contributed by atoms with van der Waals surface area (Å²) in [6, 6.07) is 6.72. The van der Waals surface area contributed by atoms with E-state index in [1.54, 1.807) is 24.3 Å². The first-order valence-electron chi connectivity index (χ1n) is 6.49. The molecule has 0 fully saturated rings. The Morgan fingerprint density at radius 3 is 2.50 bits per heavy atom. The molecule has 1 atom stereocenters. The summed E-state index contributed by atoms with van der Waals surface area (Å²) >= 11 is 0. The number of nitrogens with two attached hydrogens (primary N) is 1. The van der Waals surface area contributed by atoms with Crippen LogP contribution in [0.4, 0.5) is 0 Å². The molecule has 0 radical (unpaired) electrons. The molecule has 1 aromatic carbocycles. The van der Waals surface area contributed by atoms with Gasteiger partial charge in [-0.3, -0.25) is 9.59 Å². The zero-order valence-corrected chi connectivity index (χ0v) is 11.8. The SMILES string of the molecule is CNC(C)CNC(=O)CCOc1ccc(C(N)=O)cc1. The highest BCUT2D eigenvalue weighted by molar-refractivity contribution is 5.92. The number of primary amides is 1. The molecule has 0 bridgehead atoms. The summed E-state index contributed by atoms with van der Waals surface area (Å²) in [6.07, 6.45) is 0.286. The average molecular weight is 279 g/mol. The van der Waals surface area contributed by atoms with E-state index in [0.717, 1.165) is 0 Å². The lowest BCUT2D eigenvalue weighted by molar-refractivity contribution is -0.121. The Labute approximate surface area is 118 Å². The zero-order valence-electron chi connectivity index (χ0n) is 11.8. The molecule has 0 aromatic heterocycles. The molecule has 0 aliphatic rings. The van der Waals surface area contributed by atoms with Crippen molar-refractivity contribution in [2.75, 3.05) is 20.2 Å². The topological polar surface area (TPSA) is 93.4 Å². The van der Waals surface area contributed by atoms with Gasteiger partial charge in [-0.15, -0.1) is 0 Å². The minimum absolute atomic E-state index is 0.0548. The Bertz CT molecular complexity index is 445. The second-order valence-electron chi connectivity index (χ2n) is 4.48. The van der Waals surface area contributed by atoms with Crippen molar-refractivity contribution < 1.29 is 14.3 Å². The summed E-state index contributed by atoms with van der Waals surface area (Å²) < 4.78 is 5.42. The number of benzene rings is 1. The van der Waals surface area contributed by atoms with Crippen LogP contribution in [0.5, 0.6) is 5.75 Å². The minimum atomic E-state index is -0.477. The van der Waals surface area contributed by atoms with E-state index in [1.165, 1.54) is 0 Å². The highest BCUT2D eigenvalue weighted by atomic mass is 16.5. The van der Waals surface area contributed by atoms with Crippen LogP contribution in [0, 0.1) is 0 Å². The van der Waals surface area contributed by atoms with Gasteiger partial charge in [0, 0.05) is 18.2 Å². The predicted octanol–water partition coefficient (Wildman–Crippen LogP) is 0.279. The van der Waals surface area contributed by atoms with Crippen molar-refractivity contribution in [2.45, 2.75) is 19.4 Å². The molecule has 20 heavy (non-hydrogen) atoms. The lowest BCUT2D eigenvalue weighted by Gasteiger charge is -2.11. The number of ether oxygens (including phenoxy) is 1. The maximum atomic E-state index is 11.5. The van der Waals surface area contributed by atoms with E-state index >= 15 is 0 Å². The second kappa shape index (κ2) is 8.16. The summed E-state index contributed by atoms with van der Waals surface area (Å²) in [6.45, 7) is 2.86. The third kappa shape index (κ3) is 5.71. The van der Waals surface area contributed by atoms with Crippen LogP contribution in [0.2, 0.25) is 0 Å². The summed E-state index contributed by atoms with van der Waals surface area (Å²) in [5.41, 5.74) is 5.56.